The van der Waals surface area contributed by atoms with Gasteiger partial charge in [0.1, 0.15) is 13.2 Å². The molecule has 2 unspecified atom stereocenters. The molecule has 1 fully saturated rings. The number of esters is 4. The summed E-state index contributed by atoms with van der Waals surface area (Å²) in [7, 11) is 6.74. The van der Waals surface area contributed by atoms with Crippen molar-refractivity contribution in [3.8, 4) is 0 Å². The molecule has 1 saturated carbocycles. The minimum absolute atomic E-state index is 0.244. The third-order valence-electron chi connectivity index (χ3n) is 12.1. The van der Waals surface area contributed by atoms with Crippen LogP contribution in [0.1, 0.15) is 96.3 Å². The number of carbonyl (C=O) groups excluding carboxylic acids is 4. The fourth-order valence-electron chi connectivity index (χ4n) is 8.95. The second-order valence-electron chi connectivity index (χ2n) is 16.8. The number of nitrogens with one attached hydrogen (secondary N) is 2. The van der Waals surface area contributed by atoms with Crippen LogP contribution in [0.4, 0.5) is 0 Å². The first kappa shape index (κ1) is 52.6. The van der Waals surface area contributed by atoms with E-state index in [-0.39, 0.29) is 30.4 Å². The monoisotopic (exact) mass is 905 g/mol. The second-order valence-corrected chi connectivity index (χ2v) is 16.8. The molecule has 2 heterocycles. The van der Waals surface area contributed by atoms with Crippen molar-refractivity contribution in [3.05, 3.63) is 153 Å². The Kier molecular flexibility index (Phi) is 21.4. The Morgan fingerprint density at radius 2 is 0.894 bits per heavy atom. The smallest absolute Gasteiger partial charge is 0.336 e. The summed E-state index contributed by atoms with van der Waals surface area (Å²) in [5.41, 5.74) is 8.12. The van der Waals surface area contributed by atoms with Crippen LogP contribution in [0.3, 0.4) is 0 Å². The van der Waals surface area contributed by atoms with E-state index in [9.17, 15) is 19.2 Å². The molecule has 3 aromatic carbocycles. The Morgan fingerprint density at radius 3 is 1.33 bits per heavy atom. The second kappa shape index (κ2) is 26.9. The minimum atomic E-state index is -0.556. The first-order valence-corrected chi connectivity index (χ1v) is 23.2. The number of allylic oxidation sites excluding steroid dienone is 4. The van der Waals surface area contributed by atoms with Crippen LogP contribution in [-0.2, 0) is 51.2 Å². The SMILES string of the molecule is CC.COC(=O)C1=C(C)NC(C)=C(C(=O)OCCN(C)Cc2ccccc2)C1C1CCCCC1.COC(=O)C1=C(C)NC(C)=C(C(=O)OCCN(C)Cc2ccccc2)C1c1ccccc1. The highest BCUT2D eigenvalue weighted by atomic mass is 16.5. The maximum absolute atomic E-state index is 13.3. The van der Waals surface area contributed by atoms with E-state index in [2.05, 4.69) is 44.7 Å². The lowest BCUT2D eigenvalue weighted by Gasteiger charge is -2.36. The number of rotatable bonds is 16. The molecular formula is C54H72N4O8. The van der Waals surface area contributed by atoms with E-state index < -0.39 is 17.9 Å². The molecule has 356 valence electrons. The predicted octanol–water partition coefficient (Wildman–Crippen LogP) is 8.98. The zero-order valence-electron chi connectivity index (χ0n) is 40.8. The third kappa shape index (κ3) is 14.5. The van der Waals surface area contributed by atoms with Gasteiger partial charge in [0.05, 0.1) is 42.4 Å². The molecule has 0 aromatic heterocycles. The average molecular weight is 905 g/mol. The van der Waals surface area contributed by atoms with Crippen LogP contribution in [0.2, 0.25) is 0 Å². The summed E-state index contributed by atoms with van der Waals surface area (Å²) >= 11 is 0. The van der Waals surface area contributed by atoms with Gasteiger partial charge in [0.25, 0.3) is 0 Å². The van der Waals surface area contributed by atoms with Crippen LogP contribution >= 0.6 is 0 Å². The number of nitrogens with zero attached hydrogens (tertiary/aromatic N) is 2. The summed E-state index contributed by atoms with van der Waals surface area (Å²) in [6.07, 6.45) is 5.44. The highest BCUT2D eigenvalue weighted by Crippen LogP contribution is 2.43. The van der Waals surface area contributed by atoms with Crippen molar-refractivity contribution >= 4 is 23.9 Å². The molecule has 3 aliphatic rings. The lowest BCUT2D eigenvalue weighted by Crippen LogP contribution is -2.38. The van der Waals surface area contributed by atoms with E-state index in [0.717, 1.165) is 55.7 Å². The highest BCUT2D eigenvalue weighted by molar-refractivity contribution is 6.00. The van der Waals surface area contributed by atoms with Gasteiger partial charge in [-0.05, 0) is 77.2 Å². The van der Waals surface area contributed by atoms with Crippen LogP contribution in [0.25, 0.3) is 0 Å². The molecule has 12 nitrogen and oxygen atoms in total. The summed E-state index contributed by atoms with van der Waals surface area (Å²) in [5, 5.41) is 6.38. The van der Waals surface area contributed by atoms with Crippen LogP contribution in [-0.4, -0.2) is 88.3 Å². The fourth-order valence-corrected chi connectivity index (χ4v) is 8.95. The van der Waals surface area contributed by atoms with Crippen LogP contribution in [0.5, 0.6) is 0 Å². The Bertz CT molecular complexity index is 2190. The Labute approximate surface area is 393 Å². The van der Waals surface area contributed by atoms with Crippen molar-refractivity contribution in [2.75, 3.05) is 54.6 Å². The molecule has 1 aliphatic carbocycles. The largest absolute Gasteiger partial charge is 0.466 e. The van der Waals surface area contributed by atoms with E-state index in [1.54, 1.807) is 0 Å². The van der Waals surface area contributed by atoms with Gasteiger partial charge in [-0.25, -0.2) is 19.2 Å². The van der Waals surface area contributed by atoms with Crippen molar-refractivity contribution in [3.63, 3.8) is 0 Å². The van der Waals surface area contributed by atoms with Crippen molar-refractivity contribution in [1.82, 2.24) is 20.4 Å². The van der Waals surface area contributed by atoms with Gasteiger partial charge in [0.15, 0.2) is 0 Å². The van der Waals surface area contributed by atoms with E-state index >= 15 is 0 Å². The topological polar surface area (TPSA) is 136 Å². The molecule has 0 bridgehead atoms. The van der Waals surface area contributed by atoms with Gasteiger partial charge in [-0.2, -0.15) is 0 Å². The Morgan fingerprint density at radius 1 is 0.530 bits per heavy atom. The van der Waals surface area contributed by atoms with Crippen molar-refractivity contribution < 1.29 is 38.1 Å². The number of hydrogen-bond acceptors (Lipinski definition) is 12. The molecule has 0 amide bonds. The van der Waals surface area contributed by atoms with Crippen molar-refractivity contribution in [2.45, 2.75) is 92.7 Å². The van der Waals surface area contributed by atoms with E-state index in [1.165, 1.54) is 31.8 Å². The van der Waals surface area contributed by atoms with Gasteiger partial charge in [0, 0.05) is 54.9 Å². The third-order valence-corrected chi connectivity index (χ3v) is 12.1. The normalized spacial score (nSPS) is 17.5. The molecule has 2 aliphatic heterocycles. The Balaban J connectivity index is 0.000000278. The molecule has 0 radical (unpaired) electrons. The maximum Gasteiger partial charge on any atom is 0.336 e. The number of hydrogen-bond donors (Lipinski definition) is 2. The average Bonchev–Trinajstić information content (AvgIpc) is 3.32. The molecule has 0 spiro atoms. The number of ether oxygens (including phenoxy) is 4. The highest BCUT2D eigenvalue weighted by Gasteiger charge is 2.42. The molecule has 6 rings (SSSR count). The van der Waals surface area contributed by atoms with Crippen LogP contribution < -0.4 is 10.6 Å². The summed E-state index contributed by atoms with van der Waals surface area (Å²) in [4.78, 5) is 56.0. The summed E-state index contributed by atoms with van der Waals surface area (Å²) in [6.45, 7) is 14.7. The minimum Gasteiger partial charge on any atom is -0.466 e. The zero-order chi connectivity index (χ0) is 48.2. The molecule has 0 saturated heterocycles. The Hall–Kier alpha value is -5.98. The van der Waals surface area contributed by atoms with E-state index in [0.29, 0.717) is 53.4 Å². The summed E-state index contributed by atoms with van der Waals surface area (Å²) in [6, 6.07) is 29.8. The quantitative estimate of drug-likeness (QED) is 0.105. The van der Waals surface area contributed by atoms with Gasteiger partial charge in [-0.15, -0.1) is 0 Å². The lowest BCUT2D eigenvalue weighted by molar-refractivity contribution is -0.141. The first-order chi connectivity index (χ1) is 31.8. The van der Waals surface area contributed by atoms with Gasteiger partial charge in [0.2, 0.25) is 0 Å². The van der Waals surface area contributed by atoms with Crippen molar-refractivity contribution in [1.29, 1.82) is 0 Å². The number of benzene rings is 3. The first-order valence-electron chi connectivity index (χ1n) is 23.2. The molecule has 3 aromatic rings. The van der Waals surface area contributed by atoms with E-state index in [4.69, 9.17) is 18.9 Å². The lowest BCUT2D eigenvalue weighted by atomic mass is 9.71. The maximum atomic E-state index is 13.3. The van der Waals surface area contributed by atoms with Gasteiger partial charge in [-0.3, -0.25) is 9.80 Å². The molecular weight excluding hydrogens is 833 g/mol. The van der Waals surface area contributed by atoms with Gasteiger partial charge < -0.3 is 29.6 Å². The number of methoxy groups -OCH3 is 2. The van der Waals surface area contributed by atoms with Gasteiger partial charge in [-0.1, -0.05) is 124 Å². The van der Waals surface area contributed by atoms with Gasteiger partial charge >= 0.3 is 23.9 Å². The summed E-state index contributed by atoms with van der Waals surface area (Å²) in [5.74, 6) is -2.21. The van der Waals surface area contributed by atoms with Crippen molar-refractivity contribution in [2.24, 2.45) is 11.8 Å². The fraction of sp³-hybridized carbons (Fsp3) is 0.444. The predicted molar refractivity (Wildman–Crippen MR) is 259 cm³/mol. The molecule has 2 N–H and O–H groups in total. The number of likely N-dealkylation sites (N-methyl/N-ethyl adjacent to an activating group) is 2. The van der Waals surface area contributed by atoms with Crippen LogP contribution in [0.15, 0.2) is 136 Å². The van der Waals surface area contributed by atoms with E-state index in [1.807, 2.05) is 122 Å². The molecule has 12 heteroatoms. The molecule has 66 heavy (non-hydrogen) atoms. The summed E-state index contributed by atoms with van der Waals surface area (Å²) < 4.78 is 21.5. The number of dihydropyridines is 2. The molecule has 2 atom stereocenters. The number of carbonyl (C=O) groups is 4. The zero-order valence-corrected chi connectivity index (χ0v) is 40.8. The van der Waals surface area contributed by atoms with Crippen LogP contribution in [0, 0.1) is 11.8 Å². The standard InChI is InChI=1S/C26H36N2O4.C26H30N2O4.C2H6/c2*1-18-22(25(29)31-4)24(21-13-9-6-10-14-21)23(19(2)27-18)26(30)32-16-15-28(3)17-20-11-7-5-8-12-20;1-2/h5,7-8,11-12,21,24,27H,6,9-10,13-17H2,1-4H3;5-14,24,27H,15-17H2,1-4H3;1-2H3.